The van der Waals surface area contributed by atoms with Gasteiger partial charge >= 0.3 is 0 Å². The minimum absolute atomic E-state index is 0.0477. The van der Waals surface area contributed by atoms with Crippen LogP contribution in [0.4, 0.5) is 5.69 Å². The molecule has 1 rings (SSSR count). The Balaban J connectivity index is 2.84. The first kappa shape index (κ1) is 19.9. The fraction of sp³-hybridized carbons (Fsp3) is 0.600. The number of hydrogen-bond donors (Lipinski definition) is 1. The molecule has 0 aromatic heterocycles. The number of hydrogen-bond acceptors (Lipinski definition) is 4. The van der Waals surface area contributed by atoms with E-state index in [2.05, 4.69) is 4.72 Å². The van der Waals surface area contributed by atoms with Crippen molar-refractivity contribution in [1.82, 2.24) is 4.72 Å². The smallest absolute Gasteiger partial charge is 0.232 e. The van der Waals surface area contributed by atoms with Crippen LogP contribution in [-0.2, 0) is 20.0 Å². The van der Waals surface area contributed by atoms with Gasteiger partial charge in [0, 0.05) is 13.1 Å². The summed E-state index contributed by atoms with van der Waals surface area (Å²) in [6.07, 6.45) is 2.50. The first-order valence-corrected chi connectivity index (χ1v) is 11.1. The van der Waals surface area contributed by atoms with Gasteiger partial charge in [0.25, 0.3) is 0 Å². The number of aryl methyl sites for hydroxylation is 2. The van der Waals surface area contributed by atoms with Crippen LogP contribution in [0, 0.1) is 13.8 Å². The first-order valence-electron chi connectivity index (χ1n) is 7.59. The van der Waals surface area contributed by atoms with Crippen molar-refractivity contribution >= 4 is 25.7 Å². The maximum Gasteiger partial charge on any atom is 0.232 e. The lowest BCUT2D eigenvalue weighted by molar-refractivity contribution is 0.575. The monoisotopic (exact) mass is 362 g/mol. The molecule has 0 aliphatic rings. The summed E-state index contributed by atoms with van der Waals surface area (Å²) in [5, 5.41) is 0. The third-order valence-corrected chi connectivity index (χ3v) is 6.25. The Hall–Kier alpha value is -1.12. The molecule has 0 unspecified atom stereocenters. The highest BCUT2D eigenvalue weighted by Crippen LogP contribution is 2.20. The molecule has 23 heavy (non-hydrogen) atoms. The molecule has 1 aromatic rings. The fourth-order valence-corrected chi connectivity index (χ4v) is 4.21. The molecule has 0 saturated heterocycles. The first-order chi connectivity index (χ1) is 10.6. The van der Waals surface area contributed by atoms with Gasteiger partial charge in [-0.15, -0.1) is 0 Å². The Bertz CT molecular complexity index is 728. The van der Waals surface area contributed by atoms with Gasteiger partial charge in [-0.3, -0.25) is 4.31 Å². The molecule has 0 atom stereocenters. The van der Waals surface area contributed by atoms with Crippen LogP contribution in [-0.4, -0.2) is 41.9 Å². The van der Waals surface area contributed by atoms with Crippen molar-refractivity contribution in [3.05, 3.63) is 29.3 Å². The Labute approximate surface area is 140 Å². The molecular formula is C15H26N2O4S2. The Morgan fingerprint density at radius 3 is 2.26 bits per heavy atom. The van der Waals surface area contributed by atoms with Gasteiger partial charge in [0.2, 0.25) is 20.0 Å². The maximum absolute atomic E-state index is 12.0. The highest BCUT2D eigenvalue weighted by Gasteiger charge is 2.18. The normalized spacial score (nSPS) is 12.3. The van der Waals surface area contributed by atoms with Crippen molar-refractivity contribution < 1.29 is 16.8 Å². The van der Waals surface area contributed by atoms with E-state index in [1.807, 2.05) is 26.8 Å². The number of nitrogens with one attached hydrogen (secondary N) is 1. The summed E-state index contributed by atoms with van der Waals surface area (Å²) in [5.74, 6) is 0.0615. The lowest BCUT2D eigenvalue weighted by Crippen LogP contribution is -2.38. The second kappa shape index (κ2) is 8.12. The summed E-state index contributed by atoms with van der Waals surface area (Å²) in [6, 6.07) is 5.38. The lowest BCUT2D eigenvalue weighted by atomic mass is 10.1. The summed E-state index contributed by atoms with van der Waals surface area (Å²) in [7, 11) is -6.84. The summed E-state index contributed by atoms with van der Waals surface area (Å²) in [4.78, 5) is 0. The molecule has 0 aliphatic heterocycles. The van der Waals surface area contributed by atoms with Crippen molar-refractivity contribution in [1.29, 1.82) is 0 Å². The Morgan fingerprint density at radius 1 is 1.09 bits per heavy atom. The molecule has 0 aliphatic carbocycles. The van der Waals surface area contributed by atoms with Gasteiger partial charge < -0.3 is 0 Å². The van der Waals surface area contributed by atoms with Crippen molar-refractivity contribution in [2.45, 2.75) is 33.6 Å². The van der Waals surface area contributed by atoms with Crippen LogP contribution >= 0.6 is 0 Å². The number of sulfonamides is 2. The SMILES string of the molecule is CCCCS(=O)(=O)NCCN(c1ccc(C)c(C)c1)S(C)(=O)=O. The number of nitrogens with zero attached hydrogens (tertiary/aromatic N) is 1. The second-order valence-corrected chi connectivity index (χ2v) is 9.50. The molecule has 0 amide bonds. The van der Waals surface area contributed by atoms with Gasteiger partial charge in [0.15, 0.2) is 0 Å². The van der Waals surface area contributed by atoms with E-state index in [0.29, 0.717) is 12.1 Å². The van der Waals surface area contributed by atoms with E-state index >= 15 is 0 Å². The van der Waals surface area contributed by atoms with Gasteiger partial charge in [-0.05, 0) is 43.5 Å². The molecule has 0 fully saturated rings. The number of unbranched alkanes of at least 4 members (excludes halogenated alkanes) is 1. The van der Waals surface area contributed by atoms with Crippen molar-refractivity contribution in [2.24, 2.45) is 0 Å². The summed E-state index contributed by atoms with van der Waals surface area (Å²) < 4.78 is 51.2. The minimum atomic E-state index is -3.48. The minimum Gasteiger partial charge on any atom is -0.269 e. The van der Waals surface area contributed by atoms with E-state index in [4.69, 9.17) is 0 Å². The van der Waals surface area contributed by atoms with Crippen molar-refractivity contribution in [3.8, 4) is 0 Å². The number of benzene rings is 1. The predicted octanol–water partition coefficient (Wildman–Crippen LogP) is 1.79. The molecule has 0 bridgehead atoms. The van der Waals surface area contributed by atoms with Crippen molar-refractivity contribution in [2.75, 3.05) is 29.4 Å². The van der Waals surface area contributed by atoms with Crippen molar-refractivity contribution in [3.63, 3.8) is 0 Å². The van der Waals surface area contributed by atoms with Crippen LogP contribution in [0.5, 0.6) is 0 Å². The highest BCUT2D eigenvalue weighted by molar-refractivity contribution is 7.92. The zero-order chi connectivity index (χ0) is 17.7. The molecule has 1 N–H and O–H groups in total. The molecule has 0 spiro atoms. The number of anilines is 1. The van der Waals surface area contributed by atoms with E-state index in [1.54, 1.807) is 12.1 Å². The predicted molar refractivity (Wildman–Crippen MR) is 94.8 cm³/mol. The number of rotatable bonds is 9. The van der Waals surface area contributed by atoms with Gasteiger partial charge in [-0.2, -0.15) is 0 Å². The maximum atomic E-state index is 12.0. The largest absolute Gasteiger partial charge is 0.269 e. The molecule has 132 valence electrons. The van der Waals surface area contributed by atoms with Crippen LogP contribution in [0.25, 0.3) is 0 Å². The molecule has 8 heteroatoms. The van der Waals surface area contributed by atoms with Crippen LogP contribution in [0.3, 0.4) is 0 Å². The standard InChI is InChI=1S/C15H26N2O4S2/c1-5-6-11-23(20,21)16-9-10-17(22(4,18)19)15-8-7-13(2)14(3)12-15/h7-8,12,16H,5-6,9-11H2,1-4H3. The zero-order valence-corrected chi connectivity index (χ0v) is 15.8. The molecular weight excluding hydrogens is 336 g/mol. The van der Waals surface area contributed by atoms with Gasteiger partial charge in [0.1, 0.15) is 0 Å². The quantitative estimate of drug-likeness (QED) is 0.726. The van der Waals surface area contributed by atoms with E-state index in [0.717, 1.165) is 23.8 Å². The van der Waals surface area contributed by atoms with E-state index in [-0.39, 0.29) is 18.8 Å². The van der Waals surface area contributed by atoms with E-state index < -0.39 is 20.0 Å². The highest BCUT2D eigenvalue weighted by atomic mass is 32.2. The summed E-state index contributed by atoms with van der Waals surface area (Å²) in [6.45, 7) is 5.89. The average Bonchev–Trinajstić information content (AvgIpc) is 2.43. The lowest BCUT2D eigenvalue weighted by Gasteiger charge is -2.23. The molecule has 0 saturated carbocycles. The Morgan fingerprint density at radius 2 is 1.74 bits per heavy atom. The van der Waals surface area contributed by atoms with Gasteiger partial charge in [-0.25, -0.2) is 21.6 Å². The van der Waals surface area contributed by atoms with Crippen LogP contribution < -0.4 is 9.03 Å². The van der Waals surface area contributed by atoms with E-state index in [1.165, 1.54) is 4.31 Å². The van der Waals surface area contributed by atoms with Crippen LogP contribution in [0.1, 0.15) is 30.9 Å². The topological polar surface area (TPSA) is 83.6 Å². The molecule has 0 radical (unpaired) electrons. The van der Waals surface area contributed by atoms with E-state index in [9.17, 15) is 16.8 Å². The average molecular weight is 363 g/mol. The second-order valence-electron chi connectivity index (χ2n) is 5.67. The summed E-state index contributed by atoms with van der Waals surface area (Å²) in [5.41, 5.74) is 2.60. The third-order valence-electron chi connectivity index (χ3n) is 3.58. The van der Waals surface area contributed by atoms with Gasteiger partial charge in [0.05, 0.1) is 17.7 Å². The summed E-state index contributed by atoms with van der Waals surface area (Å²) >= 11 is 0. The third kappa shape index (κ3) is 6.48. The van der Waals surface area contributed by atoms with Crippen LogP contribution in [0.2, 0.25) is 0 Å². The molecule has 0 heterocycles. The fourth-order valence-electron chi connectivity index (χ4n) is 2.08. The molecule has 1 aromatic carbocycles. The van der Waals surface area contributed by atoms with Gasteiger partial charge in [-0.1, -0.05) is 19.4 Å². The molecule has 6 nitrogen and oxygen atoms in total. The zero-order valence-electron chi connectivity index (χ0n) is 14.2. The Kier molecular flexibility index (Phi) is 7.03. The van der Waals surface area contributed by atoms with Crippen LogP contribution in [0.15, 0.2) is 18.2 Å².